The average molecular weight is 364 g/mol. The minimum atomic E-state index is -0.195. The summed E-state index contributed by atoms with van der Waals surface area (Å²) in [5.74, 6) is 0.603. The maximum absolute atomic E-state index is 12.5. The van der Waals surface area contributed by atoms with E-state index in [-0.39, 0.29) is 11.9 Å². The predicted octanol–water partition coefficient (Wildman–Crippen LogP) is 2.91. The third-order valence-electron chi connectivity index (χ3n) is 4.40. The van der Waals surface area contributed by atoms with Gasteiger partial charge in [-0.25, -0.2) is 4.68 Å². The van der Waals surface area contributed by atoms with E-state index in [1.54, 1.807) is 24.1 Å². The van der Waals surface area contributed by atoms with E-state index < -0.39 is 0 Å². The molecule has 1 unspecified atom stereocenters. The maximum Gasteiger partial charge on any atom is 0.271 e. The molecule has 0 saturated heterocycles. The van der Waals surface area contributed by atoms with E-state index in [1.807, 2.05) is 68.7 Å². The normalized spacial score (nSPS) is 12.0. The molecule has 2 aromatic carbocycles. The number of ether oxygens (including phenoxy) is 1. The molecule has 6 heteroatoms. The van der Waals surface area contributed by atoms with Gasteiger partial charge in [0.2, 0.25) is 0 Å². The molecule has 6 nitrogen and oxygen atoms in total. The zero-order valence-electron chi connectivity index (χ0n) is 15.8. The van der Waals surface area contributed by atoms with Gasteiger partial charge < -0.3 is 15.0 Å². The summed E-state index contributed by atoms with van der Waals surface area (Å²) in [4.78, 5) is 14.6. The zero-order valence-corrected chi connectivity index (χ0v) is 15.8. The lowest BCUT2D eigenvalue weighted by Crippen LogP contribution is -2.34. The summed E-state index contributed by atoms with van der Waals surface area (Å²) < 4.78 is 7.00. The van der Waals surface area contributed by atoms with Gasteiger partial charge in [0, 0.05) is 12.7 Å². The van der Waals surface area contributed by atoms with Crippen LogP contribution in [0.3, 0.4) is 0 Å². The van der Waals surface area contributed by atoms with Crippen molar-refractivity contribution in [3.05, 3.63) is 78.1 Å². The number of rotatable bonds is 7. The summed E-state index contributed by atoms with van der Waals surface area (Å²) >= 11 is 0. The third-order valence-corrected chi connectivity index (χ3v) is 4.40. The molecule has 0 fully saturated rings. The highest BCUT2D eigenvalue weighted by Gasteiger charge is 2.17. The van der Waals surface area contributed by atoms with Crippen molar-refractivity contribution in [3.63, 3.8) is 0 Å². The minimum Gasteiger partial charge on any atom is -0.497 e. The summed E-state index contributed by atoms with van der Waals surface area (Å²) in [5, 5.41) is 7.36. The highest BCUT2D eigenvalue weighted by molar-refractivity contribution is 5.92. The topological polar surface area (TPSA) is 59.4 Å². The quantitative estimate of drug-likeness (QED) is 0.700. The van der Waals surface area contributed by atoms with Crippen LogP contribution in [0.4, 0.5) is 0 Å². The predicted molar refractivity (Wildman–Crippen MR) is 105 cm³/mol. The van der Waals surface area contributed by atoms with Crippen LogP contribution >= 0.6 is 0 Å². The standard InChI is InChI=1S/C21H24N4O2/c1-24(2)20(16-8-7-11-18(14-16)27-3)15-22-21(26)19-12-13-25(23-19)17-9-5-4-6-10-17/h4-14,20H,15H2,1-3H3,(H,22,26). The molecule has 3 aromatic rings. The van der Waals surface area contributed by atoms with E-state index in [1.165, 1.54) is 0 Å². The number of likely N-dealkylation sites (N-methyl/N-ethyl adjacent to an activating group) is 1. The van der Waals surface area contributed by atoms with Gasteiger partial charge >= 0.3 is 0 Å². The minimum absolute atomic E-state index is 0.0280. The van der Waals surface area contributed by atoms with Gasteiger partial charge in [-0.1, -0.05) is 30.3 Å². The Morgan fingerprint density at radius 1 is 1.15 bits per heavy atom. The van der Waals surface area contributed by atoms with Gasteiger partial charge in [-0.3, -0.25) is 4.79 Å². The fourth-order valence-corrected chi connectivity index (χ4v) is 2.90. The molecule has 1 aromatic heterocycles. The highest BCUT2D eigenvalue weighted by Crippen LogP contribution is 2.22. The van der Waals surface area contributed by atoms with Gasteiger partial charge in [-0.2, -0.15) is 5.10 Å². The van der Waals surface area contributed by atoms with Crippen LogP contribution in [0.2, 0.25) is 0 Å². The molecule has 0 radical (unpaired) electrons. The molecule has 0 aliphatic rings. The molecule has 140 valence electrons. The monoisotopic (exact) mass is 364 g/mol. The first-order chi connectivity index (χ1) is 13.1. The largest absolute Gasteiger partial charge is 0.497 e. The first-order valence-corrected chi connectivity index (χ1v) is 8.78. The molecule has 1 atom stereocenters. The zero-order chi connectivity index (χ0) is 19.2. The number of hydrogen-bond acceptors (Lipinski definition) is 4. The fraction of sp³-hybridized carbons (Fsp3) is 0.238. The highest BCUT2D eigenvalue weighted by atomic mass is 16.5. The van der Waals surface area contributed by atoms with E-state index in [0.717, 1.165) is 17.0 Å². The Bertz CT molecular complexity index is 890. The van der Waals surface area contributed by atoms with E-state index in [9.17, 15) is 4.79 Å². The second kappa shape index (κ2) is 8.51. The van der Waals surface area contributed by atoms with Gasteiger partial charge in [0.05, 0.1) is 18.8 Å². The maximum atomic E-state index is 12.5. The van der Waals surface area contributed by atoms with Crippen molar-refractivity contribution in [2.45, 2.75) is 6.04 Å². The number of amides is 1. The fourth-order valence-electron chi connectivity index (χ4n) is 2.90. The van der Waals surface area contributed by atoms with Gasteiger partial charge in [0.1, 0.15) is 5.75 Å². The lowest BCUT2D eigenvalue weighted by molar-refractivity contribution is 0.0936. The molecule has 0 saturated carbocycles. The molecular formula is C21H24N4O2. The van der Waals surface area contributed by atoms with Crippen LogP contribution in [0.5, 0.6) is 5.75 Å². The second-order valence-corrected chi connectivity index (χ2v) is 6.45. The Hall–Kier alpha value is -3.12. The summed E-state index contributed by atoms with van der Waals surface area (Å²) in [6, 6.07) is 19.3. The molecule has 0 bridgehead atoms. The third kappa shape index (κ3) is 4.54. The van der Waals surface area contributed by atoms with Gasteiger partial charge in [-0.15, -0.1) is 0 Å². The molecule has 1 amide bonds. The van der Waals surface area contributed by atoms with Crippen molar-refractivity contribution in [3.8, 4) is 11.4 Å². The number of carbonyl (C=O) groups is 1. The van der Waals surface area contributed by atoms with Crippen molar-refractivity contribution in [1.82, 2.24) is 20.0 Å². The van der Waals surface area contributed by atoms with Crippen molar-refractivity contribution in [2.75, 3.05) is 27.7 Å². The molecule has 1 N–H and O–H groups in total. The smallest absolute Gasteiger partial charge is 0.271 e. The van der Waals surface area contributed by atoms with Crippen molar-refractivity contribution >= 4 is 5.91 Å². The summed E-state index contributed by atoms with van der Waals surface area (Å²) in [6.45, 7) is 0.469. The van der Waals surface area contributed by atoms with Crippen molar-refractivity contribution in [2.24, 2.45) is 0 Å². The first-order valence-electron chi connectivity index (χ1n) is 8.78. The lowest BCUT2D eigenvalue weighted by Gasteiger charge is -2.25. The molecule has 3 rings (SSSR count). The average Bonchev–Trinajstić information content (AvgIpc) is 3.19. The van der Waals surface area contributed by atoms with Gasteiger partial charge in [0.25, 0.3) is 5.91 Å². The van der Waals surface area contributed by atoms with Crippen LogP contribution < -0.4 is 10.1 Å². The number of nitrogens with one attached hydrogen (secondary N) is 1. The van der Waals surface area contributed by atoms with Crippen LogP contribution in [0.1, 0.15) is 22.1 Å². The first kappa shape index (κ1) is 18.7. The number of hydrogen-bond donors (Lipinski definition) is 1. The Labute approximate surface area is 159 Å². The number of nitrogens with zero attached hydrogens (tertiary/aromatic N) is 3. The number of aromatic nitrogens is 2. The van der Waals surface area contributed by atoms with E-state index >= 15 is 0 Å². The molecule has 0 spiro atoms. The summed E-state index contributed by atoms with van der Waals surface area (Å²) in [7, 11) is 5.62. The molecule has 1 heterocycles. The van der Waals surface area contributed by atoms with Crippen LogP contribution in [0.15, 0.2) is 66.9 Å². The number of para-hydroxylation sites is 1. The van der Waals surface area contributed by atoms with Crippen molar-refractivity contribution < 1.29 is 9.53 Å². The molecular weight excluding hydrogens is 340 g/mol. The Morgan fingerprint density at radius 3 is 2.63 bits per heavy atom. The second-order valence-electron chi connectivity index (χ2n) is 6.45. The van der Waals surface area contributed by atoms with Crippen LogP contribution in [0, 0.1) is 0 Å². The number of benzene rings is 2. The van der Waals surface area contributed by atoms with E-state index in [2.05, 4.69) is 15.3 Å². The van der Waals surface area contributed by atoms with Crippen molar-refractivity contribution in [1.29, 1.82) is 0 Å². The molecule has 0 aliphatic carbocycles. The van der Waals surface area contributed by atoms with Crippen LogP contribution in [-0.4, -0.2) is 48.3 Å². The Kier molecular flexibility index (Phi) is 5.88. The van der Waals surface area contributed by atoms with Crippen LogP contribution in [0.25, 0.3) is 5.69 Å². The molecule has 27 heavy (non-hydrogen) atoms. The summed E-state index contributed by atoms with van der Waals surface area (Å²) in [5.41, 5.74) is 2.38. The Morgan fingerprint density at radius 2 is 1.93 bits per heavy atom. The van der Waals surface area contributed by atoms with E-state index in [0.29, 0.717) is 12.2 Å². The van der Waals surface area contributed by atoms with Crippen LogP contribution in [-0.2, 0) is 0 Å². The summed E-state index contributed by atoms with van der Waals surface area (Å²) in [6.07, 6.45) is 1.79. The number of methoxy groups -OCH3 is 1. The molecule has 0 aliphatic heterocycles. The van der Waals surface area contributed by atoms with E-state index in [4.69, 9.17) is 4.74 Å². The Balaban J connectivity index is 1.69. The lowest BCUT2D eigenvalue weighted by atomic mass is 10.1. The van der Waals surface area contributed by atoms with Gasteiger partial charge in [-0.05, 0) is 50.0 Å². The van der Waals surface area contributed by atoms with Gasteiger partial charge in [0.15, 0.2) is 5.69 Å². The SMILES string of the molecule is COc1cccc(C(CNC(=O)c2ccn(-c3ccccc3)n2)N(C)C)c1. The number of carbonyl (C=O) groups excluding carboxylic acids is 1.